The van der Waals surface area contributed by atoms with Crippen molar-refractivity contribution in [1.82, 2.24) is 9.71 Å². The Labute approximate surface area is 140 Å². The zero-order chi connectivity index (χ0) is 17.2. The van der Waals surface area contributed by atoms with Gasteiger partial charge in [0.1, 0.15) is 0 Å². The van der Waals surface area contributed by atoms with E-state index in [2.05, 4.69) is 14.4 Å². The Morgan fingerprint density at radius 2 is 2.04 bits per heavy atom. The van der Waals surface area contributed by atoms with Crippen molar-refractivity contribution in [2.75, 3.05) is 7.11 Å². The summed E-state index contributed by atoms with van der Waals surface area (Å²) < 4.78 is 32.0. The molecule has 2 atom stereocenters. The summed E-state index contributed by atoms with van der Waals surface area (Å²) in [4.78, 5) is 15.4. The third-order valence-electron chi connectivity index (χ3n) is 4.05. The van der Waals surface area contributed by atoms with Crippen LogP contribution >= 0.6 is 0 Å². The second-order valence-corrected chi connectivity index (χ2v) is 7.72. The average molecular weight is 346 g/mol. The number of nitrogens with one attached hydrogen (secondary N) is 1. The molecule has 0 aliphatic heterocycles. The van der Waals surface area contributed by atoms with Crippen molar-refractivity contribution >= 4 is 16.0 Å². The van der Waals surface area contributed by atoms with Gasteiger partial charge in [-0.25, -0.2) is 17.9 Å². The molecule has 1 heterocycles. The molecule has 0 saturated heterocycles. The molecule has 1 fully saturated rings. The number of rotatable bonds is 6. The molecule has 1 N–H and O–H groups in total. The number of esters is 1. The lowest BCUT2D eigenvalue weighted by atomic mass is 10.1. The number of hydrogen-bond acceptors (Lipinski definition) is 5. The zero-order valence-corrected chi connectivity index (χ0v) is 14.0. The largest absolute Gasteiger partial charge is 0.465 e. The van der Waals surface area contributed by atoms with Crippen LogP contribution in [-0.4, -0.2) is 31.7 Å². The third-order valence-corrected chi connectivity index (χ3v) is 5.92. The van der Waals surface area contributed by atoms with Gasteiger partial charge in [0.2, 0.25) is 10.0 Å². The molecule has 2 aromatic rings. The molecule has 24 heavy (non-hydrogen) atoms. The number of aromatic nitrogens is 1. The predicted molar refractivity (Wildman–Crippen MR) is 88.9 cm³/mol. The van der Waals surface area contributed by atoms with Crippen molar-refractivity contribution in [2.24, 2.45) is 0 Å². The summed E-state index contributed by atoms with van der Waals surface area (Å²) in [6.45, 7) is 0.0954. The zero-order valence-electron chi connectivity index (χ0n) is 13.2. The normalized spacial score (nSPS) is 19.7. The van der Waals surface area contributed by atoms with Gasteiger partial charge in [-0.2, -0.15) is 0 Å². The highest BCUT2D eigenvalue weighted by molar-refractivity contribution is 7.90. The molecule has 3 rings (SSSR count). The van der Waals surface area contributed by atoms with Crippen molar-refractivity contribution in [3.63, 3.8) is 0 Å². The fourth-order valence-corrected chi connectivity index (χ4v) is 4.30. The average Bonchev–Trinajstić information content (AvgIpc) is 3.42. The standard InChI is InChI=1S/C17H18N2O4S/c1-23-17(20)14-7-12(9-18-11-14)10-19-24(21,22)16-8-15(16)13-5-3-2-4-6-13/h2-7,9,11,15-16,19H,8,10H2,1H3. The van der Waals surface area contributed by atoms with Crippen LogP contribution < -0.4 is 4.72 Å². The molecule has 1 aromatic carbocycles. The van der Waals surface area contributed by atoms with Crippen LogP contribution in [0.1, 0.15) is 33.8 Å². The summed E-state index contributed by atoms with van der Waals surface area (Å²) in [5.41, 5.74) is 1.95. The lowest BCUT2D eigenvalue weighted by Gasteiger charge is -2.07. The fraction of sp³-hybridized carbons (Fsp3) is 0.294. The van der Waals surface area contributed by atoms with Crippen molar-refractivity contribution in [2.45, 2.75) is 24.1 Å². The summed E-state index contributed by atoms with van der Waals surface area (Å²) >= 11 is 0. The topological polar surface area (TPSA) is 85.4 Å². The molecule has 1 aliphatic rings. The Hall–Kier alpha value is -2.25. The quantitative estimate of drug-likeness (QED) is 0.807. The van der Waals surface area contributed by atoms with Gasteiger partial charge in [0.25, 0.3) is 0 Å². The van der Waals surface area contributed by atoms with Crippen LogP contribution in [0.5, 0.6) is 0 Å². The highest BCUT2D eigenvalue weighted by Crippen LogP contribution is 2.45. The first-order valence-electron chi connectivity index (χ1n) is 7.57. The summed E-state index contributed by atoms with van der Waals surface area (Å²) in [5, 5.41) is -0.406. The molecule has 0 amide bonds. The summed E-state index contributed by atoms with van der Waals surface area (Å²) in [7, 11) is -2.13. The monoisotopic (exact) mass is 346 g/mol. The number of carbonyl (C=O) groups excluding carboxylic acids is 1. The minimum absolute atomic E-state index is 0.0447. The lowest BCUT2D eigenvalue weighted by molar-refractivity contribution is 0.0600. The van der Waals surface area contributed by atoms with Gasteiger partial charge < -0.3 is 4.74 Å². The molecule has 2 unspecified atom stereocenters. The summed E-state index contributed by atoms with van der Waals surface area (Å²) in [6, 6.07) is 11.2. The fourth-order valence-electron chi connectivity index (χ4n) is 2.67. The van der Waals surface area contributed by atoms with Crippen LogP contribution in [0.25, 0.3) is 0 Å². The van der Waals surface area contributed by atoms with E-state index < -0.39 is 21.2 Å². The summed E-state index contributed by atoms with van der Waals surface area (Å²) in [6.07, 6.45) is 3.53. The third kappa shape index (κ3) is 3.63. The Morgan fingerprint density at radius 3 is 2.75 bits per heavy atom. The molecule has 0 radical (unpaired) electrons. The Kier molecular flexibility index (Phi) is 4.64. The van der Waals surface area contributed by atoms with E-state index in [1.165, 1.54) is 19.5 Å². The molecule has 1 aliphatic carbocycles. The van der Waals surface area contributed by atoms with Crippen LogP contribution in [0.3, 0.4) is 0 Å². The molecular weight excluding hydrogens is 328 g/mol. The van der Waals surface area contributed by atoms with Gasteiger partial charge in [-0.05, 0) is 23.6 Å². The maximum atomic E-state index is 12.4. The first kappa shape index (κ1) is 16.6. The number of hydrogen-bond donors (Lipinski definition) is 1. The van der Waals surface area contributed by atoms with Crippen molar-refractivity contribution in [3.8, 4) is 0 Å². The van der Waals surface area contributed by atoms with Gasteiger partial charge in [0.05, 0.1) is 17.9 Å². The van der Waals surface area contributed by atoms with Crippen molar-refractivity contribution < 1.29 is 17.9 Å². The highest BCUT2D eigenvalue weighted by atomic mass is 32.2. The SMILES string of the molecule is COC(=O)c1cncc(CNS(=O)(=O)C2CC2c2ccccc2)c1. The van der Waals surface area contributed by atoms with E-state index in [1.54, 1.807) is 6.07 Å². The maximum Gasteiger partial charge on any atom is 0.339 e. The number of methoxy groups -OCH3 is 1. The smallest absolute Gasteiger partial charge is 0.339 e. The van der Waals surface area contributed by atoms with Crippen molar-refractivity contribution in [3.05, 3.63) is 65.5 Å². The van der Waals surface area contributed by atoms with E-state index in [0.717, 1.165) is 5.56 Å². The first-order chi connectivity index (χ1) is 11.5. The van der Waals surface area contributed by atoms with Crippen LogP contribution in [-0.2, 0) is 21.3 Å². The number of pyridine rings is 1. The van der Waals surface area contributed by atoms with E-state index in [-0.39, 0.29) is 12.5 Å². The Bertz CT molecular complexity index is 837. The molecule has 0 bridgehead atoms. The van der Waals surface area contributed by atoms with E-state index in [4.69, 9.17) is 0 Å². The Balaban J connectivity index is 1.63. The predicted octanol–water partition coefficient (Wildman–Crippen LogP) is 1.84. The van der Waals surface area contributed by atoms with Crippen LogP contribution in [0.4, 0.5) is 0 Å². The molecule has 6 nitrogen and oxygen atoms in total. The number of benzene rings is 1. The van der Waals surface area contributed by atoms with Gasteiger partial charge in [0.15, 0.2) is 0 Å². The van der Waals surface area contributed by atoms with E-state index in [9.17, 15) is 13.2 Å². The highest BCUT2D eigenvalue weighted by Gasteiger charge is 2.47. The lowest BCUT2D eigenvalue weighted by Crippen LogP contribution is -2.27. The van der Waals surface area contributed by atoms with E-state index in [0.29, 0.717) is 17.5 Å². The second-order valence-electron chi connectivity index (χ2n) is 5.73. The number of sulfonamides is 1. The summed E-state index contributed by atoms with van der Waals surface area (Å²) in [5.74, 6) is -0.457. The minimum atomic E-state index is -3.42. The molecule has 126 valence electrons. The minimum Gasteiger partial charge on any atom is -0.465 e. The van der Waals surface area contributed by atoms with E-state index >= 15 is 0 Å². The number of carbonyl (C=O) groups is 1. The van der Waals surface area contributed by atoms with Gasteiger partial charge in [-0.15, -0.1) is 0 Å². The van der Waals surface area contributed by atoms with Gasteiger partial charge in [-0.3, -0.25) is 4.98 Å². The molecule has 1 saturated carbocycles. The molecule has 7 heteroatoms. The number of nitrogens with zero attached hydrogens (tertiary/aromatic N) is 1. The maximum absolute atomic E-state index is 12.4. The second kappa shape index (κ2) is 6.70. The van der Waals surface area contributed by atoms with Crippen molar-refractivity contribution in [1.29, 1.82) is 0 Å². The molecular formula is C17H18N2O4S. The molecule has 0 spiro atoms. The molecule has 1 aromatic heterocycles. The van der Waals surface area contributed by atoms with Gasteiger partial charge >= 0.3 is 5.97 Å². The van der Waals surface area contributed by atoms with Crippen LogP contribution in [0, 0.1) is 0 Å². The van der Waals surface area contributed by atoms with E-state index in [1.807, 2.05) is 30.3 Å². The van der Waals surface area contributed by atoms with Crippen LogP contribution in [0.15, 0.2) is 48.8 Å². The first-order valence-corrected chi connectivity index (χ1v) is 9.11. The van der Waals surface area contributed by atoms with Gasteiger partial charge in [-0.1, -0.05) is 30.3 Å². The number of ether oxygens (including phenoxy) is 1. The van der Waals surface area contributed by atoms with Gasteiger partial charge in [0, 0.05) is 24.9 Å². The van der Waals surface area contributed by atoms with Crippen LogP contribution in [0.2, 0.25) is 0 Å². The Morgan fingerprint density at radius 1 is 1.29 bits per heavy atom.